The van der Waals surface area contributed by atoms with Crippen LogP contribution in [0.4, 0.5) is 5.69 Å². The lowest BCUT2D eigenvalue weighted by atomic mass is 9.99. The zero-order valence-corrected chi connectivity index (χ0v) is 9.78. The maximum Gasteiger partial charge on any atom is 0.244 e. The lowest BCUT2D eigenvalue weighted by molar-refractivity contribution is -0.120. The number of anilines is 1. The van der Waals surface area contributed by atoms with Gasteiger partial charge in [-0.2, -0.15) is 0 Å². The third-order valence-corrected chi connectivity index (χ3v) is 2.46. The third kappa shape index (κ3) is 2.93. The molecule has 1 atom stereocenters. The second-order valence-electron chi connectivity index (χ2n) is 3.81. The number of rotatable bonds is 4. The predicted molar refractivity (Wildman–Crippen MR) is 62.3 cm³/mol. The second kappa shape index (κ2) is 4.94. The summed E-state index contributed by atoms with van der Waals surface area (Å²) in [6, 6.07) is 3.39. The fourth-order valence-electron chi connectivity index (χ4n) is 1.01. The molecule has 0 bridgehead atoms. The summed E-state index contributed by atoms with van der Waals surface area (Å²) in [5.41, 5.74) is 5.55. The van der Waals surface area contributed by atoms with Crippen molar-refractivity contribution >= 4 is 11.6 Å². The number of hydrogen-bond donors (Lipinski definition) is 2. The molecule has 0 aliphatic carbocycles. The third-order valence-electron chi connectivity index (χ3n) is 2.46. The highest BCUT2D eigenvalue weighted by Gasteiger charge is 2.25. The summed E-state index contributed by atoms with van der Waals surface area (Å²) in [4.78, 5) is 15.7. The Bertz CT molecular complexity index is 360. The number of carbonyl (C=O) groups excluding carboxylic acids is 1. The van der Waals surface area contributed by atoms with Gasteiger partial charge in [0.05, 0.1) is 24.5 Å². The number of aromatic nitrogens is 1. The lowest BCUT2D eigenvalue weighted by Gasteiger charge is -2.21. The van der Waals surface area contributed by atoms with E-state index < -0.39 is 5.54 Å². The highest BCUT2D eigenvalue weighted by atomic mass is 16.5. The van der Waals surface area contributed by atoms with Crippen molar-refractivity contribution in [2.24, 2.45) is 5.73 Å². The first kappa shape index (κ1) is 12.4. The van der Waals surface area contributed by atoms with Gasteiger partial charge in [-0.05, 0) is 19.4 Å². The van der Waals surface area contributed by atoms with Crippen molar-refractivity contribution in [1.29, 1.82) is 0 Å². The molecule has 0 saturated heterocycles. The van der Waals surface area contributed by atoms with Crippen molar-refractivity contribution in [2.45, 2.75) is 25.8 Å². The standard InChI is InChI=1S/C11H17N3O2/c1-4-11(2,12)10(15)14-8-5-6-9(16-3)13-7-8/h5-7H,4,12H2,1-3H3,(H,14,15). The van der Waals surface area contributed by atoms with Gasteiger partial charge in [-0.15, -0.1) is 0 Å². The lowest BCUT2D eigenvalue weighted by Crippen LogP contribution is -2.47. The number of nitrogens with two attached hydrogens (primary N) is 1. The van der Waals surface area contributed by atoms with Crippen LogP contribution in [0.2, 0.25) is 0 Å². The van der Waals surface area contributed by atoms with Gasteiger partial charge in [-0.1, -0.05) is 6.92 Å². The maximum atomic E-state index is 11.7. The molecule has 0 aromatic carbocycles. The minimum Gasteiger partial charge on any atom is -0.481 e. The Morgan fingerprint density at radius 2 is 2.31 bits per heavy atom. The molecule has 0 saturated carbocycles. The number of amides is 1. The monoisotopic (exact) mass is 223 g/mol. The molecule has 0 spiro atoms. The summed E-state index contributed by atoms with van der Waals surface area (Å²) in [5, 5.41) is 2.70. The van der Waals surface area contributed by atoms with Crippen LogP contribution >= 0.6 is 0 Å². The fraction of sp³-hybridized carbons (Fsp3) is 0.455. The molecular formula is C11H17N3O2. The van der Waals surface area contributed by atoms with Crippen LogP contribution in [0.25, 0.3) is 0 Å². The molecule has 88 valence electrons. The Morgan fingerprint density at radius 3 is 2.75 bits per heavy atom. The van der Waals surface area contributed by atoms with E-state index in [9.17, 15) is 4.79 Å². The summed E-state index contributed by atoms with van der Waals surface area (Å²) < 4.78 is 4.91. The van der Waals surface area contributed by atoms with Crippen LogP contribution in [0.5, 0.6) is 5.88 Å². The van der Waals surface area contributed by atoms with Crippen LogP contribution in [-0.2, 0) is 4.79 Å². The van der Waals surface area contributed by atoms with E-state index in [0.717, 1.165) is 0 Å². The smallest absolute Gasteiger partial charge is 0.244 e. The van der Waals surface area contributed by atoms with Crippen molar-refractivity contribution in [1.82, 2.24) is 4.98 Å². The summed E-state index contributed by atoms with van der Waals surface area (Å²) in [7, 11) is 1.54. The van der Waals surface area contributed by atoms with Crippen LogP contribution in [0.15, 0.2) is 18.3 Å². The van der Waals surface area contributed by atoms with Crippen LogP contribution < -0.4 is 15.8 Å². The number of methoxy groups -OCH3 is 1. The SMILES string of the molecule is CCC(C)(N)C(=O)Nc1ccc(OC)nc1. The van der Waals surface area contributed by atoms with Gasteiger partial charge in [0.25, 0.3) is 0 Å². The van der Waals surface area contributed by atoms with Crippen LogP contribution in [-0.4, -0.2) is 23.5 Å². The average Bonchev–Trinajstić information content (AvgIpc) is 2.30. The van der Waals surface area contributed by atoms with Gasteiger partial charge >= 0.3 is 0 Å². The van der Waals surface area contributed by atoms with Crippen LogP contribution in [0, 0.1) is 0 Å². The topological polar surface area (TPSA) is 77.2 Å². The first-order valence-electron chi connectivity index (χ1n) is 5.10. The largest absolute Gasteiger partial charge is 0.481 e. The van der Waals surface area contributed by atoms with E-state index in [1.807, 2.05) is 6.92 Å². The summed E-state index contributed by atoms with van der Waals surface area (Å²) in [6.07, 6.45) is 2.10. The molecule has 0 aliphatic rings. The number of pyridine rings is 1. The predicted octanol–water partition coefficient (Wildman–Crippen LogP) is 1.16. The first-order chi connectivity index (χ1) is 7.49. The van der Waals surface area contributed by atoms with Gasteiger partial charge in [-0.3, -0.25) is 4.79 Å². The van der Waals surface area contributed by atoms with Crippen molar-refractivity contribution in [3.63, 3.8) is 0 Å². The van der Waals surface area contributed by atoms with E-state index in [1.54, 1.807) is 19.1 Å². The number of nitrogens with one attached hydrogen (secondary N) is 1. The van der Waals surface area contributed by atoms with E-state index in [-0.39, 0.29) is 5.91 Å². The Kier molecular flexibility index (Phi) is 3.84. The number of ether oxygens (including phenoxy) is 1. The van der Waals surface area contributed by atoms with Gasteiger partial charge in [0.1, 0.15) is 0 Å². The summed E-state index contributed by atoms with van der Waals surface area (Å²) >= 11 is 0. The highest BCUT2D eigenvalue weighted by Crippen LogP contribution is 2.13. The van der Waals surface area contributed by atoms with Crippen molar-refractivity contribution in [3.8, 4) is 5.88 Å². The molecule has 0 radical (unpaired) electrons. The van der Waals surface area contributed by atoms with E-state index in [4.69, 9.17) is 10.5 Å². The van der Waals surface area contributed by atoms with Gasteiger partial charge < -0.3 is 15.8 Å². The Balaban J connectivity index is 2.70. The zero-order chi connectivity index (χ0) is 12.2. The number of carbonyl (C=O) groups is 1. The second-order valence-corrected chi connectivity index (χ2v) is 3.81. The van der Waals surface area contributed by atoms with Crippen molar-refractivity contribution < 1.29 is 9.53 Å². The molecular weight excluding hydrogens is 206 g/mol. The van der Waals surface area contributed by atoms with Gasteiger partial charge in [0, 0.05) is 6.07 Å². The molecule has 1 amide bonds. The van der Waals surface area contributed by atoms with E-state index in [2.05, 4.69) is 10.3 Å². The molecule has 1 heterocycles. The van der Waals surface area contributed by atoms with Gasteiger partial charge in [0.2, 0.25) is 11.8 Å². The normalized spacial score (nSPS) is 14.0. The van der Waals surface area contributed by atoms with Crippen LogP contribution in [0.3, 0.4) is 0 Å². The quantitative estimate of drug-likeness (QED) is 0.802. The van der Waals surface area contributed by atoms with Gasteiger partial charge in [-0.25, -0.2) is 4.98 Å². The molecule has 5 heteroatoms. The Labute approximate surface area is 95.0 Å². The molecule has 5 nitrogen and oxygen atoms in total. The van der Waals surface area contributed by atoms with Crippen molar-refractivity contribution in [3.05, 3.63) is 18.3 Å². The molecule has 3 N–H and O–H groups in total. The van der Waals surface area contributed by atoms with Crippen LogP contribution in [0.1, 0.15) is 20.3 Å². The zero-order valence-electron chi connectivity index (χ0n) is 9.78. The van der Waals surface area contributed by atoms with E-state index >= 15 is 0 Å². The van der Waals surface area contributed by atoms with E-state index in [1.165, 1.54) is 13.3 Å². The average molecular weight is 223 g/mol. The Hall–Kier alpha value is -1.62. The number of hydrogen-bond acceptors (Lipinski definition) is 4. The van der Waals surface area contributed by atoms with Crippen molar-refractivity contribution in [2.75, 3.05) is 12.4 Å². The fourth-order valence-corrected chi connectivity index (χ4v) is 1.01. The molecule has 0 aliphatic heterocycles. The highest BCUT2D eigenvalue weighted by molar-refractivity contribution is 5.97. The van der Waals surface area contributed by atoms with Gasteiger partial charge in [0.15, 0.2) is 0 Å². The molecule has 1 aromatic rings. The minimum atomic E-state index is -0.861. The molecule has 16 heavy (non-hydrogen) atoms. The molecule has 0 fully saturated rings. The first-order valence-corrected chi connectivity index (χ1v) is 5.10. The summed E-state index contributed by atoms with van der Waals surface area (Å²) in [6.45, 7) is 3.56. The Morgan fingerprint density at radius 1 is 1.62 bits per heavy atom. The minimum absolute atomic E-state index is 0.220. The molecule has 1 unspecified atom stereocenters. The number of nitrogens with zero attached hydrogens (tertiary/aromatic N) is 1. The maximum absolute atomic E-state index is 11.7. The molecule has 1 rings (SSSR count). The summed E-state index contributed by atoms with van der Waals surface area (Å²) in [5.74, 6) is 0.283. The molecule has 1 aromatic heterocycles. The van der Waals surface area contributed by atoms with E-state index in [0.29, 0.717) is 18.0 Å².